The summed E-state index contributed by atoms with van der Waals surface area (Å²) in [5.74, 6) is 0.335. The highest BCUT2D eigenvalue weighted by molar-refractivity contribution is 7.62. The molecule has 0 aromatic heterocycles. The third kappa shape index (κ3) is 7.86. The van der Waals surface area contributed by atoms with Gasteiger partial charge in [0, 0.05) is 17.2 Å². The maximum absolute atomic E-state index is 14.1. The van der Waals surface area contributed by atoms with Crippen LogP contribution < -0.4 is 4.74 Å². The first kappa shape index (κ1) is 33.6. The zero-order valence-corrected chi connectivity index (χ0v) is 27.6. The minimum Gasteiger partial charge on any atom is -0.493 e. The van der Waals surface area contributed by atoms with Gasteiger partial charge in [-0.05, 0) is 79.3 Å². The third-order valence-electron chi connectivity index (χ3n) is 8.48. The number of alkyl halides is 3. The fourth-order valence-corrected chi connectivity index (χ4v) is 9.42. The first-order valence-electron chi connectivity index (χ1n) is 15.3. The van der Waals surface area contributed by atoms with Crippen LogP contribution in [0.2, 0.25) is 0 Å². The van der Waals surface area contributed by atoms with Crippen molar-refractivity contribution in [3.8, 4) is 5.75 Å². The summed E-state index contributed by atoms with van der Waals surface area (Å²) in [6.07, 6.45) is 0.954. The molecule has 0 N–H and O–H groups in total. The number of fused-ring (bicyclic) bond motifs is 1. The van der Waals surface area contributed by atoms with Crippen molar-refractivity contribution in [3.05, 3.63) is 64.2 Å². The Labute approximate surface area is 255 Å². The molecule has 0 amide bonds. The minimum absolute atomic E-state index is 0.0632. The van der Waals surface area contributed by atoms with E-state index in [0.29, 0.717) is 30.7 Å². The molecule has 0 saturated heterocycles. The summed E-state index contributed by atoms with van der Waals surface area (Å²) < 4.78 is 74.0. The normalized spacial score (nSPS) is 19.3. The first-order chi connectivity index (χ1) is 19.9. The van der Waals surface area contributed by atoms with Crippen LogP contribution in [-0.2, 0) is 45.7 Å². The second kappa shape index (κ2) is 12.6. The van der Waals surface area contributed by atoms with E-state index in [0.717, 1.165) is 19.3 Å². The van der Waals surface area contributed by atoms with Crippen molar-refractivity contribution in [2.24, 2.45) is 4.99 Å². The molecule has 2 aromatic carbocycles. The summed E-state index contributed by atoms with van der Waals surface area (Å²) in [5.41, 5.74) is 2.91. The molecule has 1 aliphatic heterocycles. The summed E-state index contributed by atoms with van der Waals surface area (Å²) in [5, 5.41) is -1.19. The lowest BCUT2D eigenvalue weighted by Crippen LogP contribution is -2.38. The van der Waals surface area contributed by atoms with Crippen molar-refractivity contribution in [3.63, 3.8) is 0 Å². The van der Waals surface area contributed by atoms with Crippen molar-refractivity contribution in [1.29, 1.82) is 0 Å². The standard InChI is InChI=1S/C34H47F3NO4P/c1-24-38-33(22-41-24,23-42-43(39,31(2,3)4)32(5,6)7)18-17-26-14-16-30(29(21-26)34(35,36)37)40-19-9-10-25-13-15-27-11-8-12-28(27)20-25/h13-16,20-21H,8-12,17-19,22-23H2,1-7H3. The van der Waals surface area contributed by atoms with Crippen molar-refractivity contribution in [1.82, 2.24) is 0 Å². The Balaban J connectivity index is 1.42. The van der Waals surface area contributed by atoms with Crippen LogP contribution in [0.1, 0.15) is 95.5 Å². The second-order valence-electron chi connectivity index (χ2n) is 14.0. The van der Waals surface area contributed by atoms with Gasteiger partial charge < -0.3 is 14.0 Å². The van der Waals surface area contributed by atoms with Gasteiger partial charge in [0.15, 0.2) is 5.90 Å². The Morgan fingerprint density at radius 2 is 1.58 bits per heavy atom. The fourth-order valence-electron chi connectivity index (χ4n) is 6.21. The van der Waals surface area contributed by atoms with Gasteiger partial charge in [-0.1, -0.05) is 65.8 Å². The lowest BCUT2D eigenvalue weighted by molar-refractivity contribution is -0.139. The van der Waals surface area contributed by atoms with Crippen LogP contribution in [0.3, 0.4) is 0 Å². The van der Waals surface area contributed by atoms with E-state index < -0.39 is 35.0 Å². The van der Waals surface area contributed by atoms with Crippen LogP contribution in [0.5, 0.6) is 5.75 Å². The number of benzene rings is 2. The fraction of sp³-hybridized carbons (Fsp3) is 0.618. The molecule has 0 spiro atoms. The highest BCUT2D eigenvalue weighted by atomic mass is 31.2. The molecule has 0 radical (unpaired) electrons. The van der Waals surface area contributed by atoms with Gasteiger partial charge in [0.2, 0.25) is 7.37 Å². The Bertz CT molecular complexity index is 1360. The molecule has 0 fully saturated rings. The molecule has 43 heavy (non-hydrogen) atoms. The number of halogens is 3. The third-order valence-corrected chi connectivity index (χ3v) is 12.5. The van der Waals surface area contributed by atoms with Gasteiger partial charge in [-0.2, -0.15) is 13.2 Å². The van der Waals surface area contributed by atoms with Gasteiger partial charge >= 0.3 is 6.18 Å². The SMILES string of the molecule is CC1=NC(CCc2ccc(OCCCc3ccc4c(c3)CCC4)c(C(F)(F)F)c2)(COP(=O)(C(C)(C)C)C(C)(C)C)CO1. The Morgan fingerprint density at radius 1 is 0.930 bits per heavy atom. The molecular formula is C34H47F3NO4P. The van der Waals surface area contributed by atoms with Crippen LogP contribution in [-0.4, -0.2) is 41.6 Å². The van der Waals surface area contributed by atoms with Gasteiger partial charge in [0.05, 0.1) is 18.8 Å². The van der Waals surface area contributed by atoms with Crippen molar-refractivity contribution in [2.45, 2.75) is 115 Å². The molecule has 238 valence electrons. The van der Waals surface area contributed by atoms with E-state index in [1.54, 1.807) is 13.0 Å². The Morgan fingerprint density at radius 3 is 2.21 bits per heavy atom. The van der Waals surface area contributed by atoms with E-state index in [-0.39, 0.29) is 25.6 Å². The van der Waals surface area contributed by atoms with Crippen LogP contribution in [0, 0.1) is 0 Å². The summed E-state index contributed by atoms with van der Waals surface area (Å²) in [4.78, 5) is 4.69. The predicted molar refractivity (Wildman–Crippen MR) is 167 cm³/mol. The molecule has 1 aliphatic carbocycles. The van der Waals surface area contributed by atoms with Crippen LogP contribution in [0.25, 0.3) is 0 Å². The number of hydrogen-bond donors (Lipinski definition) is 0. The van der Waals surface area contributed by atoms with Crippen molar-refractivity contribution >= 4 is 13.3 Å². The van der Waals surface area contributed by atoms with E-state index in [2.05, 4.69) is 23.2 Å². The molecule has 1 unspecified atom stereocenters. The summed E-state index contributed by atoms with van der Waals surface area (Å²) in [6.45, 7) is 13.7. The van der Waals surface area contributed by atoms with Crippen molar-refractivity contribution < 1.29 is 31.7 Å². The second-order valence-corrected chi connectivity index (χ2v) is 18.1. The lowest BCUT2D eigenvalue weighted by atomic mass is 9.93. The van der Waals surface area contributed by atoms with Gasteiger partial charge in [0.25, 0.3) is 0 Å². The lowest BCUT2D eigenvalue weighted by Gasteiger charge is -2.41. The number of hydrogen-bond acceptors (Lipinski definition) is 5. The van der Waals surface area contributed by atoms with Crippen LogP contribution >= 0.6 is 7.37 Å². The topological polar surface area (TPSA) is 57.1 Å². The van der Waals surface area contributed by atoms with Crippen LogP contribution in [0.15, 0.2) is 41.4 Å². The van der Waals surface area contributed by atoms with Gasteiger partial charge in [0.1, 0.15) is 17.9 Å². The Kier molecular flexibility index (Phi) is 9.83. The molecule has 0 saturated carbocycles. The van der Waals surface area contributed by atoms with E-state index in [9.17, 15) is 17.7 Å². The summed E-state index contributed by atoms with van der Waals surface area (Å²) in [7, 11) is -3.16. The molecule has 9 heteroatoms. The maximum Gasteiger partial charge on any atom is 0.419 e. The number of aryl methyl sites for hydroxylation is 4. The van der Waals surface area contributed by atoms with E-state index in [4.69, 9.17) is 14.0 Å². The molecule has 0 bridgehead atoms. The zero-order chi connectivity index (χ0) is 31.7. The molecule has 4 rings (SSSR count). The van der Waals surface area contributed by atoms with Gasteiger partial charge in [-0.3, -0.25) is 4.57 Å². The predicted octanol–water partition coefficient (Wildman–Crippen LogP) is 9.22. The van der Waals surface area contributed by atoms with Gasteiger partial charge in [-0.25, -0.2) is 4.99 Å². The molecule has 1 heterocycles. The average molecular weight is 622 g/mol. The largest absolute Gasteiger partial charge is 0.493 e. The maximum atomic E-state index is 14.1. The van der Waals surface area contributed by atoms with Gasteiger partial charge in [-0.15, -0.1) is 0 Å². The summed E-state index contributed by atoms with van der Waals surface area (Å²) >= 11 is 0. The minimum atomic E-state index is -4.55. The smallest absolute Gasteiger partial charge is 0.419 e. The average Bonchev–Trinajstić information content (AvgIpc) is 3.53. The molecular weight excluding hydrogens is 574 g/mol. The number of ether oxygens (including phenoxy) is 2. The van der Waals surface area contributed by atoms with E-state index >= 15 is 0 Å². The quantitative estimate of drug-likeness (QED) is 0.185. The zero-order valence-electron chi connectivity index (χ0n) is 26.7. The molecule has 1 atom stereocenters. The van der Waals surface area contributed by atoms with E-state index in [1.165, 1.54) is 35.2 Å². The van der Waals surface area contributed by atoms with E-state index in [1.807, 2.05) is 41.5 Å². The summed E-state index contributed by atoms with van der Waals surface area (Å²) in [6, 6.07) is 10.8. The number of aliphatic imine (C=N–C) groups is 1. The number of rotatable bonds is 11. The first-order valence-corrected chi connectivity index (χ1v) is 16.9. The number of nitrogens with zero attached hydrogens (tertiary/aromatic N) is 1. The molecule has 2 aliphatic rings. The highest BCUT2D eigenvalue weighted by Gasteiger charge is 2.50. The molecule has 2 aromatic rings. The monoisotopic (exact) mass is 621 g/mol. The highest BCUT2D eigenvalue weighted by Crippen LogP contribution is 2.68. The van der Waals surface area contributed by atoms with Crippen LogP contribution in [0.4, 0.5) is 13.2 Å². The van der Waals surface area contributed by atoms with Crippen molar-refractivity contribution in [2.75, 3.05) is 19.8 Å². The molecule has 5 nitrogen and oxygen atoms in total. The Hall–Kier alpha value is -2.31.